The van der Waals surface area contributed by atoms with Crippen molar-refractivity contribution < 1.29 is 14.4 Å². The molecule has 2 aliphatic carbocycles. The van der Waals surface area contributed by atoms with Gasteiger partial charge in [-0.1, -0.05) is 104 Å². The third kappa shape index (κ3) is 8.54. The minimum Gasteiger partial charge on any atom is -0.298 e. The van der Waals surface area contributed by atoms with Crippen LogP contribution in [0.1, 0.15) is 78.2 Å². The second-order valence-corrected chi connectivity index (χ2v) is 12.2. The maximum atomic E-state index is 12.5. The van der Waals surface area contributed by atoms with Crippen LogP contribution < -0.4 is 0 Å². The summed E-state index contributed by atoms with van der Waals surface area (Å²) < 4.78 is 1.97. The van der Waals surface area contributed by atoms with Crippen molar-refractivity contribution in [2.24, 2.45) is 0 Å². The molecule has 0 aliphatic heterocycles. The molecule has 0 N–H and O–H groups in total. The molecule has 0 radical (unpaired) electrons. The van der Waals surface area contributed by atoms with Gasteiger partial charge in [-0.2, -0.15) is 0 Å². The number of Topliss-reactive ketones (excluding diaryl/α,β-unsaturated/α-hetero) is 2. The summed E-state index contributed by atoms with van der Waals surface area (Å²) >= 11 is 6.71. The molecule has 0 heterocycles. The van der Waals surface area contributed by atoms with Gasteiger partial charge < -0.3 is 0 Å². The molecule has 208 valence electrons. The van der Waals surface area contributed by atoms with Crippen molar-refractivity contribution in [3.05, 3.63) is 144 Å². The molecule has 0 aromatic heterocycles. The molecule has 0 spiro atoms. The number of ketones is 2. The number of carbonyl (C=O) groups excluding carboxylic acids is 3. The fraction of sp³-hybridized carbons (Fsp3) is 0.194. The Morgan fingerprint density at radius 3 is 1.83 bits per heavy atom. The van der Waals surface area contributed by atoms with Crippen molar-refractivity contribution in [2.75, 3.05) is 0 Å². The van der Waals surface area contributed by atoms with Crippen LogP contribution in [0.2, 0.25) is 0 Å². The van der Waals surface area contributed by atoms with Crippen LogP contribution >= 0.6 is 31.9 Å². The first-order valence-corrected chi connectivity index (χ1v) is 15.3. The number of carbonyl (C=O) groups is 3. The molecule has 0 amide bonds. The van der Waals surface area contributed by atoms with Crippen molar-refractivity contribution in [1.82, 2.24) is 0 Å². The summed E-state index contributed by atoms with van der Waals surface area (Å²) in [5, 5.41) is 0. The molecule has 6 rings (SSSR count). The predicted octanol–water partition coefficient (Wildman–Crippen LogP) is 9.75. The molecule has 5 heteroatoms. The summed E-state index contributed by atoms with van der Waals surface area (Å²) in [6.07, 6.45) is 7.43. The van der Waals surface area contributed by atoms with Crippen LogP contribution in [0.5, 0.6) is 0 Å². The van der Waals surface area contributed by atoms with E-state index in [0.29, 0.717) is 11.3 Å². The average molecular weight is 672 g/mol. The minimum absolute atomic E-state index is 0.172. The Bertz CT molecular complexity index is 1620. The van der Waals surface area contributed by atoms with Gasteiger partial charge >= 0.3 is 0 Å². The van der Waals surface area contributed by atoms with E-state index in [-0.39, 0.29) is 5.78 Å². The van der Waals surface area contributed by atoms with Crippen LogP contribution in [0.4, 0.5) is 0 Å². The van der Waals surface area contributed by atoms with Gasteiger partial charge in [0.1, 0.15) is 6.29 Å². The Morgan fingerprint density at radius 2 is 1.22 bits per heavy atom. The van der Waals surface area contributed by atoms with E-state index in [9.17, 15) is 14.4 Å². The van der Waals surface area contributed by atoms with E-state index in [1.807, 2.05) is 66.7 Å². The highest BCUT2D eigenvalue weighted by atomic mass is 79.9. The molecule has 0 saturated heterocycles. The van der Waals surface area contributed by atoms with E-state index in [1.165, 1.54) is 22.3 Å². The Morgan fingerprint density at radius 1 is 0.634 bits per heavy atom. The van der Waals surface area contributed by atoms with Crippen LogP contribution in [-0.2, 0) is 12.8 Å². The molecule has 3 nitrogen and oxygen atoms in total. The zero-order chi connectivity index (χ0) is 29.4. The Hall–Kier alpha value is -3.41. The highest BCUT2D eigenvalue weighted by Crippen LogP contribution is 2.28. The number of halogens is 2. The molecule has 0 unspecified atom stereocenters. The van der Waals surface area contributed by atoms with E-state index in [2.05, 4.69) is 57.8 Å². The summed E-state index contributed by atoms with van der Waals surface area (Å²) in [6.45, 7) is 4.14. The minimum atomic E-state index is 0.172. The largest absolute Gasteiger partial charge is 0.298 e. The summed E-state index contributed by atoms with van der Waals surface area (Å²) in [5.74, 6) is 0.488. The van der Waals surface area contributed by atoms with E-state index in [0.717, 1.165) is 69.6 Å². The Balaban J connectivity index is 0.000000156. The number of hydrogen-bond acceptors (Lipinski definition) is 3. The zero-order valence-corrected chi connectivity index (χ0v) is 26.4. The van der Waals surface area contributed by atoms with Crippen molar-refractivity contribution in [2.45, 2.75) is 46.0 Å². The second-order valence-electron chi connectivity index (χ2n) is 10.3. The number of fused-ring (bicyclic) bond motifs is 2. The first kappa shape index (κ1) is 30.5. The maximum absolute atomic E-state index is 12.5. The average Bonchev–Trinajstić information content (AvgIpc) is 2.95. The topological polar surface area (TPSA) is 51.2 Å². The third-order valence-electron chi connectivity index (χ3n) is 7.05. The number of allylic oxidation sites excluding steroid dienone is 1. The lowest BCUT2D eigenvalue weighted by atomic mass is 9.85. The highest BCUT2D eigenvalue weighted by molar-refractivity contribution is 9.10. The normalized spacial score (nSPS) is 14.6. The van der Waals surface area contributed by atoms with Gasteiger partial charge in [0.15, 0.2) is 11.6 Å². The van der Waals surface area contributed by atoms with Gasteiger partial charge in [-0.25, -0.2) is 0 Å². The third-order valence-corrected chi connectivity index (χ3v) is 8.03. The SMILES string of the molecule is Cc1ccc2c(c1)CC/C(=C\c1cccc(Br)c1)C2=O.Cc1ccc2c(c1)CCCC2=O.O=Cc1cccc(Br)c1. The number of aryl methyl sites for hydroxylation is 4. The van der Waals surface area contributed by atoms with Crippen molar-refractivity contribution in [1.29, 1.82) is 0 Å². The maximum Gasteiger partial charge on any atom is 0.189 e. The lowest BCUT2D eigenvalue weighted by Crippen LogP contribution is -2.14. The fourth-order valence-corrected chi connectivity index (χ4v) is 5.83. The van der Waals surface area contributed by atoms with Crippen molar-refractivity contribution in [3.63, 3.8) is 0 Å². The van der Waals surface area contributed by atoms with Crippen LogP contribution in [0.15, 0.2) is 99.4 Å². The van der Waals surface area contributed by atoms with Crippen LogP contribution in [0, 0.1) is 13.8 Å². The first-order chi connectivity index (χ1) is 19.7. The molecule has 2 aliphatic rings. The van der Waals surface area contributed by atoms with Crippen LogP contribution in [0.3, 0.4) is 0 Å². The summed E-state index contributed by atoms with van der Waals surface area (Å²) in [4.78, 5) is 34.1. The summed E-state index contributed by atoms with van der Waals surface area (Å²) in [5.41, 5.74) is 9.38. The van der Waals surface area contributed by atoms with E-state index in [4.69, 9.17) is 0 Å². The van der Waals surface area contributed by atoms with Gasteiger partial charge in [0, 0.05) is 37.6 Å². The van der Waals surface area contributed by atoms with E-state index < -0.39 is 0 Å². The molecule has 41 heavy (non-hydrogen) atoms. The number of aldehydes is 1. The standard InChI is InChI=1S/C18H15BrO.C11H12O.C7H5BrO/c1-12-5-8-17-14(9-12)6-7-15(18(17)20)10-13-3-2-4-16(19)11-13;1-8-5-6-10-9(7-8)3-2-4-11(10)12;8-7-3-1-2-6(4-7)5-9/h2-5,8-11H,6-7H2,1H3;5-7H,2-4H2,1H3;1-5H/b15-10+;;. The first-order valence-electron chi connectivity index (χ1n) is 13.7. The molecule has 0 saturated carbocycles. The van der Waals surface area contributed by atoms with Gasteiger partial charge in [0.05, 0.1) is 0 Å². The number of rotatable bonds is 2. The number of benzene rings is 4. The van der Waals surface area contributed by atoms with Gasteiger partial charge in [-0.05, 0) is 86.6 Å². The smallest absolute Gasteiger partial charge is 0.189 e. The highest BCUT2D eigenvalue weighted by Gasteiger charge is 2.21. The zero-order valence-electron chi connectivity index (χ0n) is 23.3. The van der Waals surface area contributed by atoms with Crippen molar-refractivity contribution >= 4 is 55.8 Å². The Kier molecular flexibility index (Phi) is 10.8. The monoisotopic (exact) mass is 670 g/mol. The summed E-state index contributed by atoms with van der Waals surface area (Å²) in [7, 11) is 0. The molecular formula is C36H32Br2O3. The lowest BCUT2D eigenvalue weighted by Gasteiger charge is -2.18. The molecule has 0 bridgehead atoms. The quantitative estimate of drug-likeness (QED) is 0.157. The van der Waals surface area contributed by atoms with E-state index in [1.54, 1.807) is 12.1 Å². The molecular weight excluding hydrogens is 640 g/mol. The van der Waals surface area contributed by atoms with Crippen LogP contribution in [0.25, 0.3) is 6.08 Å². The molecule has 4 aromatic rings. The molecule has 0 atom stereocenters. The predicted molar refractivity (Wildman–Crippen MR) is 174 cm³/mol. The van der Waals surface area contributed by atoms with Crippen LogP contribution in [-0.4, -0.2) is 17.9 Å². The van der Waals surface area contributed by atoms with Gasteiger partial charge in [-0.15, -0.1) is 0 Å². The summed E-state index contributed by atoms with van der Waals surface area (Å²) in [6, 6.07) is 27.5. The van der Waals surface area contributed by atoms with Gasteiger partial charge in [-0.3, -0.25) is 14.4 Å². The second kappa shape index (κ2) is 14.5. The van der Waals surface area contributed by atoms with Gasteiger partial charge in [0.25, 0.3) is 0 Å². The Labute approximate surface area is 259 Å². The lowest BCUT2D eigenvalue weighted by molar-refractivity contribution is 0.0971. The fourth-order valence-electron chi connectivity index (χ4n) is 5.00. The number of hydrogen-bond donors (Lipinski definition) is 0. The molecule has 4 aromatic carbocycles. The van der Waals surface area contributed by atoms with E-state index >= 15 is 0 Å². The van der Waals surface area contributed by atoms with Crippen molar-refractivity contribution in [3.8, 4) is 0 Å². The van der Waals surface area contributed by atoms with Gasteiger partial charge in [0.2, 0.25) is 0 Å². The molecule has 0 fully saturated rings.